The number of carbonyl (C=O) groups is 2. The molecule has 0 spiro atoms. The fraction of sp³-hybridized carbons (Fsp3) is 0.833. The Labute approximate surface area is 120 Å². The SMILES string of the molecule is CC(C)[C@H](N)C(=O)NCC(=O)NCC(C)(C)S(C)(=O)=O. The minimum Gasteiger partial charge on any atom is -0.353 e. The van der Waals surface area contributed by atoms with E-state index in [2.05, 4.69) is 10.6 Å². The Morgan fingerprint density at radius 2 is 1.70 bits per heavy atom. The lowest BCUT2D eigenvalue weighted by atomic mass is 10.1. The van der Waals surface area contributed by atoms with Crippen molar-refractivity contribution in [1.29, 1.82) is 0 Å². The molecule has 0 aromatic heterocycles. The van der Waals surface area contributed by atoms with Crippen molar-refractivity contribution < 1.29 is 18.0 Å². The molecule has 0 aromatic carbocycles. The molecule has 0 saturated carbocycles. The van der Waals surface area contributed by atoms with E-state index in [1.54, 1.807) is 13.8 Å². The predicted molar refractivity (Wildman–Crippen MR) is 77.8 cm³/mol. The number of sulfone groups is 1. The molecule has 7 nitrogen and oxygen atoms in total. The van der Waals surface area contributed by atoms with Gasteiger partial charge in [-0.1, -0.05) is 13.8 Å². The standard InChI is InChI=1S/C12H25N3O4S/c1-8(2)10(13)11(17)14-6-9(16)15-7-12(3,4)20(5,18)19/h8,10H,6-7,13H2,1-5H3,(H,14,17)(H,15,16)/t10-/m0/s1. The Kier molecular flexibility index (Phi) is 6.63. The molecule has 0 heterocycles. The Balaban J connectivity index is 4.24. The second-order valence-corrected chi connectivity index (χ2v) is 8.45. The smallest absolute Gasteiger partial charge is 0.239 e. The summed E-state index contributed by atoms with van der Waals surface area (Å²) in [7, 11) is -3.28. The van der Waals surface area contributed by atoms with E-state index in [4.69, 9.17) is 5.73 Å². The molecule has 118 valence electrons. The Morgan fingerprint density at radius 3 is 2.10 bits per heavy atom. The highest BCUT2D eigenvalue weighted by atomic mass is 32.2. The van der Waals surface area contributed by atoms with Crippen LogP contribution in [0.3, 0.4) is 0 Å². The monoisotopic (exact) mass is 307 g/mol. The van der Waals surface area contributed by atoms with E-state index >= 15 is 0 Å². The van der Waals surface area contributed by atoms with Crippen LogP contribution in [-0.2, 0) is 19.4 Å². The summed E-state index contributed by atoms with van der Waals surface area (Å²) < 4.78 is 21.9. The van der Waals surface area contributed by atoms with Crippen LogP contribution in [0.2, 0.25) is 0 Å². The predicted octanol–water partition coefficient (Wildman–Crippen LogP) is -0.975. The zero-order valence-electron chi connectivity index (χ0n) is 12.7. The second kappa shape index (κ2) is 7.03. The van der Waals surface area contributed by atoms with Gasteiger partial charge < -0.3 is 16.4 Å². The molecule has 20 heavy (non-hydrogen) atoms. The first-order valence-electron chi connectivity index (χ1n) is 6.38. The first kappa shape index (κ1) is 18.9. The van der Waals surface area contributed by atoms with Gasteiger partial charge in [0, 0.05) is 12.8 Å². The Bertz CT molecular complexity index is 457. The van der Waals surface area contributed by atoms with Gasteiger partial charge in [0.25, 0.3) is 0 Å². The number of rotatable bonds is 7. The van der Waals surface area contributed by atoms with Crippen molar-refractivity contribution in [3.05, 3.63) is 0 Å². The van der Waals surface area contributed by atoms with E-state index in [0.29, 0.717) is 0 Å². The third-order valence-corrected chi connectivity index (χ3v) is 5.31. The van der Waals surface area contributed by atoms with Crippen LogP contribution >= 0.6 is 0 Å². The molecule has 2 amide bonds. The average molecular weight is 307 g/mol. The van der Waals surface area contributed by atoms with Crippen molar-refractivity contribution in [2.75, 3.05) is 19.3 Å². The highest BCUT2D eigenvalue weighted by Crippen LogP contribution is 2.13. The third-order valence-electron chi connectivity index (χ3n) is 3.16. The summed E-state index contributed by atoms with van der Waals surface area (Å²) in [6.07, 6.45) is 1.11. The van der Waals surface area contributed by atoms with Gasteiger partial charge in [-0.15, -0.1) is 0 Å². The average Bonchev–Trinajstić information content (AvgIpc) is 2.30. The van der Waals surface area contributed by atoms with E-state index in [1.165, 1.54) is 13.8 Å². The Hall–Kier alpha value is -1.15. The maximum absolute atomic E-state index is 11.6. The molecule has 8 heteroatoms. The van der Waals surface area contributed by atoms with Gasteiger partial charge in [0.05, 0.1) is 17.3 Å². The van der Waals surface area contributed by atoms with E-state index in [0.717, 1.165) is 6.26 Å². The normalized spacial score (nSPS) is 13.9. The minimum absolute atomic E-state index is 0.0171. The van der Waals surface area contributed by atoms with Crippen LogP contribution in [0.4, 0.5) is 0 Å². The summed E-state index contributed by atoms with van der Waals surface area (Å²) in [5.41, 5.74) is 5.62. The molecule has 0 unspecified atom stereocenters. The molecule has 0 aliphatic carbocycles. The molecule has 0 rings (SSSR count). The minimum atomic E-state index is -3.28. The lowest BCUT2D eigenvalue weighted by Crippen LogP contribution is -2.49. The fourth-order valence-electron chi connectivity index (χ4n) is 1.09. The topological polar surface area (TPSA) is 118 Å². The van der Waals surface area contributed by atoms with Gasteiger partial charge in [-0.05, 0) is 19.8 Å². The molecule has 0 aliphatic heterocycles. The van der Waals surface area contributed by atoms with Crippen LogP contribution in [0.1, 0.15) is 27.7 Å². The van der Waals surface area contributed by atoms with Gasteiger partial charge in [-0.2, -0.15) is 0 Å². The zero-order chi connectivity index (χ0) is 16.1. The van der Waals surface area contributed by atoms with Crippen LogP contribution in [0.15, 0.2) is 0 Å². The number of nitrogens with one attached hydrogen (secondary N) is 2. The highest BCUT2D eigenvalue weighted by molar-refractivity contribution is 7.92. The number of carbonyl (C=O) groups excluding carboxylic acids is 2. The second-order valence-electron chi connectivity index (χ2n) is 5.80. The van der Waals surface area contributed by atoms with Crippen LogP contribution in [0.5, 0.6) is 0 Å². The van der Waals surface area contributed by atoms with Gasteiger partial charge in [-0.3, -0.25) is 9.59 Å². The fourth-order valence-corrected chi connectivity index (χ4v) is 1.43. The van der Waals surface area contributed by atoms with Crippen molar-refractivity contribution in [3.8, 4) is 0 Å². The summed E-state index contributed by atoms with van der Waals surface area (Å²) in [6, 6.07) is -0.671. The van der Waals surface area contributed by atoms with Crippen molar-refractivity contribution in [2.24, 2.45) is 11.7 Å². The summed E-state index contributed by atoms with van der Waals surface area (Å²) >= 11 is 0. The lowest BCUT2D eigenvalue weighted by molar-refractivity contribution is -0.127. The maximum atomic E-state index is 11.6. The number of hydrogen-bond donors (Lipinski definition) is 3. The van der Waals surface area contributed by atoms with Gasteiger partial charge in [0.2, 0.25) is 11.8 Å². The summed E-state index contributed by atoms with van der Waals surface area (Å²) in [6.45, 7) is 6.42. The van der Waals surface area contributed by atoms with Crippen molar-refractivity contribution in [2.45, 2.75) is 38.5 Å². The molecule has 0 radical (unpaired) electrons. The number of hydrogen-bond acceptors (Lipinski definition) is 5. The van der Waals surface area contributed by atoms with Gasteiger partial charge >= 0.3 is 0 Å². The van der Waals surface area contributed by atoms with Crippen LogP contribution in [-0.4, -0.2) is 50.4 Å². The van der Waals surface area contributed by atoms with E-state index < -0.39 is 32.4 Å². The first-order chi connectivity index (χ1) is 8.88. The molecule has 4 N–H and O–H groups in total. The van der Waals surface area contributed by atoms with E-state index in [1.807, 2.05) is 0 Å². The molecule has 1 atom stereocenters. The van der Waals surface area contributed by atoms with E-state index in [9.17, 15) is 18.0 Å². The number of nitrogens with two attached hydrogens (primary N) is 1. The van der Waals surface area contributed by atoms with Crippen molar-refractivity contribution in [1.82, 2.24) is 10.6 Å². The number of amides is 2. The van der Waals surface area contributed by atoms with Crippen molar-refractivity contribution in [3.63, 3.8) is 0 Å². The lowest BCUT2D eigenvalue weighted by Gasteiger charge is -2.23. The third kappa shape index (κ3) is 5.87. The first-order valence-corrected chi connectivity index (χ1v) is 8.27. The molecule has 0 bridgehead atoms. The quantitative estimate of drug-likeness (QED) is 0.559. The highest BCUT2D eigenvalue weighted by Gasteiger charge is 2.30. The largest absolute Gasteiger partial charge is 0.353 e. The van der Waals surface area contributed by atoms with Crippen LogP contribution in [0, 0.1) is 5.92 Å². The molecule has 0 aromatic rings. The van der Waals surface area contributed by atoms with Gasteiger partial charge in [-0.25, -0.2) is 8.42 Å². The maximum Gasteiger partial charge on any atom is 0.239 e. The molecular weight excluding hydrogens is 282 g/mol. The summed E-state index contributed by atoms with van der Waals surface area (Å²) in [4.78, 5) is 23.1. The van der Waals surface area contributed by atoms with Gasteiger partial charge in [0.15, 0.2) is 9.84 Å². The Morgan fingerprint density at radius 1 is 1.20 bits per heavy atom. The zero-order valence-corrected chi connectivity index (χ0v) is 13.5. The van der Waals surface area contributed by atoms with Crippen LogP contribution < -0.4 is 16.4 Å². The molecule has 0 saturated heterocycles. The van der Waals surface area contributed by atoms with Gasteiger partial charge in [0.1, 0.15) is 0 Å². The molecular formula is C12H25N3O4S. The van der Waals surface area contributed by atoms with E-state index in [-0.39, 0.29) is 19.0 Å². The van der Waals surface area contributed by atoms with Crippen LogP contribution in [0.25, 0.3) is 0 Å². The molecule has 0 aliphatic rings. The summed E-state index contributed by atoms with van der Waals surface area (Å²) in [5.74, 6) is -0.884. The van der Waals surface area contributed by atoms with Crippen molar-refractivity contribution >= 4 is 21.7 Å². The summed E-state index contributed by atoms with van der Waals surface area (Å²) in [5, 5.41) is 4.89. The molecule has 0 fully saturated rings.